The van der Waals surface area contributed by atoms with Crippen LogP contribution in [0.4, 0.5) is 5.69 Å². The van der Waals surface area contributed by atoms with Gasteiger partial charge < -0.3 is 9.52 Å². The summed E-state index contributed by atoms with van der Waals surface area (Å²) in [5.74, 6) is 0.223. The molecule has 0 fully saturated rings. The molecule has 0 aliphatic carbocycles. The molecule has 126 valence electrons. The van der Waals surface area contributed by atoms with E-state index in [4.69, 9.17) is 9.52 Å². The summed E-state index contributed by atoms with van der Waals surface area (Å²) in [7, 11) is 0. The van der Waals surface area contributed by atoms with E-state index in [9.17, 15) is 4.79 Å². The van der Waals surface area contributed by atoms with Gasteiger partial charge in [0.1, 0.15) is 11.5 Å². The van der Waals surface area contributed by atoms with Crippen LogP contribution in [0.5, 0.6) is 0 Å². The van der Waals surface area contributed by atoms with Crippen LogP contribution in [0, 0.1) is 10.5 Å². The van der Waals surface area contributed by atoms with Crippen LogP contribution in [0.3, 0.4) is 0 Å². The fraction of sp³-hybridized carbons (Fsp3) is 0.0526. The van der Waals surface area contributed by atoms with E-state index in [0.717, 1.165) is 20.4 Å². The summed E-state index contributed by atoms with van der Waals surface area (Å²) >= 11 is 2.23. The van der Waals surface area contributed by atoms with Gasteiger partial charge in [-0.25, -0.2) is 4.79 Å². The Labute approximate surface area is 158 Å². The first-order chi connectivity index (χ1) is 12.0. The van der Waals surface area contributed by atoms with E-state index in [1.807, 2.05) is 37.3 Å². The minimum absolute atomic E-state index is 0.229. The molecule has 3 rings (SSSR count). The molecule has 2 aromatic carbocycles. The second kappa shape index (κ2) is 7.52. The molecule has 0 radical (unpaired) electrons. The fourth-order valence-electron chi connectivity index (χ4n) is 2.30. The third-order valence-electron chi connectivity index (χ3n) is 3.63. The smallest absolute Gasteiger partial charge is 0.335 e. The average Bonchev–Trinajstić information content (AvgIpc) is 3.05. The SMILES string of the molecule is Cc1ccc(C(=O)O)cc1-c1ccc(/C=N\Nc2ccccc2I)o1. The van der Waals surface area contributed by atoms with Crippen LogP contribution in [0.2, 0.25) is 0 Å². The third-order valence-corrected chi connectivity index (χ3v) is 4.57. The standard InChI is InChI=1S/C19H15IN2O3/c1-12-6-7-13(19(23)24)10-15(12)18-9-8-14(25-18)11-21-22-17-5-3-2-4-16(17)20/h2-11,22H,1H3,(H,23,24)/b21-11-. The minimum atomic E-state index is -0.962. The monoisotopic (exact) mass is 446 g/mol. The van der Waals surface area contributed by atoms with E-state index in [0.29, 0.717) is 11.5 Å². The number of carbonyl (C=O) groups is 1. The number of halogens is 1. The van der Waals surface area contributed by atoms with Crippen molar-refractivity contribution >= 4 is 40.5 Å². The van der Waals surface area contributed by atoms with Crippen LogP contribution in [0.1, 0.15) is 21.7 Å². The molecule has 0 atom stereocenters. The van der Waals surface area contributed by atoms with Crippen LogP contribution < -0.4 is 5.43 Å². The highest BCUT2D eigenvalue weighted by molar-refractivity contribution is 14.1. The Morgan fingerprint density at radius 3 is 2.76 bits per heavy atom. The number of nitrogens with one attached hydrogen (secondary N) is 1. The highest BCUT2D eigenvalue weighted by Crippen LogP contribution is 2.26. The van der Waals surface area contributed by atoms with Crippen molar-refractivity contribution in [2.45, 2.75) is 6.92 Å². The van der Waals surface area contributed by atoms with Crippen LogP contribution in [0.15, 0.2) is 64.1 Å². The number of hydrogen-bond acceptors (Lipinski definition) is 4. The molecule has 1 aromatic heterocycles. The number of carboxylic acids is 1. The number of rotatable bonds is 5. The Bertz CT molecular complexity index is 947. The lowest BCUT2D eigenvalue weighted by Crippen LogP contribution is -1.97. The number of hydrogen-bond donors (Lipinski definition) is 2. The van der Waals surface area contributed by atoms with E-state index in [-0.39, 0.29) is 5.56 Å². The number of anilines is 1. The van der Waals surface area contributed by atoms with E-state index >= 15 is 0 Å². The van der Waals surface area contributed by atoms with Crippen molar-refractivity contribution in [1.29, 1.82) is 0 Å². The average molecular weight is 446 g/mol. The van der Waals surface area contributed by atoms with Gasteiger partial charge in [-0.3, -0.25) is 5.43 Å². The first-order valence-electron chi connectivity index (χ1n) is 7.52. The van der Waals surface area contributed by atoms with Crippen LogP contribution in [-0.4, -0.2) is 17.3 Å². The predicted molar refractivity (Wildman–Crippen MR) is 106 cm³/mol. The molecule has 0 aliphatic rings. The third kappa shape index (κ3) is 4.08. The van der Waals surface area contributed by atoms with Gasteiger partial charge >= 0.3 is 5.97 Å². The molecule has 0 spiro atoms. The summed E-state index contributed by atoms with van der Waals surface area (Å²) in [4.78, 5) is 11.1. The van der Waals surface area contributed by atoms with Crippen molar-refractivity contribution in [3.63, 3.8) is 0 Å². The summed E-state index contributed by atoms with van der Waals surface area (Å²) in [6, 6.07) is 16.4. The topological polar surface area (TPSA) is 74.8 Å². The maximum atomic E-state index is 11.1. The summed E-state index contributed by atoms with van der Waals surface area (Å²) < 4.78 is 6.84. The lowest BCUT2D eigenvalue weighted by Gasteiger charge is -2.04. The Hall–Kier alpha value is -2.61. The number of furan rings is 1. The first-order valence-corrected chi connectivity index (χ1v) is 8.60. The Morgan fingerprint density at radius 2 is 2.00 bits per heavy atom. The number of nitrogens with zero attached hydrogens (tertiary/aromatic N) is 1. The zero-order valence-corrected chi connectivity index (χ0v) is 15.5. The van der Waals surface area contributed by atoms with Crippen molar-refractivity contribution in [3.8, 4) is 11.3 Å². The molecular weight excluding hydrogens is 431 g/mol. The zero-order valence-electron chi connectivity index (χ0n) is 13.4. The van der Waals surface area contributed by atoms with Crippen LogP contribution in [-0.2, 0) is 0 Å². The summed E-state index contributed by atoms with van der Waals surface area (Å²) in [5, 5.41) is 13.3. The summed E-state index contributed by atoms with van der Waals surface area (Å²) in [5.41, 5.74) is 5.81. The summed E-state index contributed by atoms with van der Waals surface area (Å²) in [6.07, 6.45) is 1.59. The van der Waals surface area contributed by atoms with Gasteiger partial charge in [0.15, 0.2) is 0 Å². The van der Waals surface area contributed by atoms with Gasteiger partial charge in [0.2, 0.25) is 0 Å². The maximum absolute atomic E-state index is 11.1. The molecule has 5 nitrogen and oxygen atoms in total. The molecule has 0 amide bonds. The van der Waals surface area contributed by atoms with Gasteiger partial charge in [0.05, 0.1) is 17.5 Å². The van der Waals surface area contributed by atoms with Gasteiger partial charge in [-0.2, -0.15) is 5.10 Å². The van der Waals surface area contributed by atoms with Gasteiger partial charge in [0, 0.05) is 9.13 Å². The fourth-order valence-corrected chi connectivity index (χ4v) is 2.81. The number of hydrazone groups is 1. The highest BCUT2D eigenvalue weighted by atomic mass is 127. The largest absolute Gasteiger partial charge is 0.478 e. The molecule has 6 heteroatoms. The van der Waals surface area contributed by atoms with E-state index < -0.39 is 5.97 Å². The lowest BCUT2D eigenvalue weighted by atomic mass is 10.0. The first kappa shape index (κ1) is 17.2. The molecule has 1 heterocycles. The number of aryl methyl sites for hydroxylation is 1. The molecule has 0 saturated heterocycles. The molecule has 25 heavy (non-hydrogen) atoms. The normalized spacial score (nSPS) is 11.0. The van der Waals surface area contributed by atoms with Crippen molar-refractivity contribution < 1.29 is 14.3 Å². The predicted octanol–water partition coefficient (Wildman–Crippen LogP) is 5.00. The van der Waals surface area contributed by atoms with Crippen molar-refractivity contribution in [3.05, 3.63) is 75.1 Å². The highest BCUT2D eigenvalue weighted by Gasteiger charge is 2.11. The molecule has 0 bridgehead atoms. The Kier molecular flexibility index (Phi) is 5.18. The second-order valence-electron chi connectivity index (χ2n) is 5.39. The quantitative estimate of drug-likeness (QED) is 0.329. The number of aromatic carboxylic acids is 1. The second-order valence-corrected chi connectivity index (χ2v) is 6.55. The maximum Gasteiger partial charge on any atom is 0.335 e. The van der Waals surface area contributed by atoms with Crippen molar-refractivity contribution in [2.75, 3.05) is 5.43 Å². The number of para-hydroxylation sites is 1. The number of carboxylic acid groups (broad SMARTS) is 1. The lowest BCUT2D eigenvalue weighted by molar-refractivity contribution is 0.0697. The van der Waals surface area contributed by atoms with E-state index in [1.54, 1.807) is 30.5 Å². The van der Waals surface area contributed by atoms with Crippen LogP contribution >= 0.6 is 22.6 Å². The van der Waals surface area contributed by atoms with Gasteiger partial charge in [-0.05, 0) is 71.5 Å². The van der Waals surface area contributed by atoms with Crippen molar-refractivity contribution in [2.24, 2.45) is 5.10 Å². The van der Waals surface area contributed by atoms with Gasteiger partial charge in [-0.15, -0.1) is 0 Å². The molecule has 0 saturated carbocycles. The minimum Gasteiger partial charge on any atom is -0.478 e. The Balaban J connectivity index is 1.79. The van der Waals surface area contributed by atoms with E-state index in [2.05, 4.69) is 33.1 Å². The molecule has 3 aromatic rings. The van der Waals surface area contributed by atoms with Gasteiger partial charge in [-0.1, -0.05) is 18.2 Å². The Morgan fingerprint density at radius 1 is 1.20 bits per heavy atom. The molecular formula is C19H15IN2O3. The van der Waals surface area contributed by atoms with Crippen LogP contribution in [0.25, 0.3) is 11.3 Å². The van der Waals surface area contributed by atoms with Crippen molar-refractivity contribution in [1.82, 2.24) is 0 Å². The summed E-state index contributed by atoms with van der Waals surface area (Å²) in [6.45, 7) is 1.91. The molecule has 0 aliphatic heterocycles. The zero-order chi connectivity index (χ0) is 17.8. The van der Waals surface area contributed by atoms with Gasteiger partial charge in [0.25, 0.3) is 0 Å². The number of benzene rings is 2. The van der Waals surface area contributed by atoms with E-state index in [1.165, 1.54) is 0 Å². The molecule has 2 N–H and O–H groups in total. The molecule has 0 unspecified atom stereocenters.